The first-order chi connectivity index (χ1) is 9.13. The van der Waals surface area contributed by atoms with E-state index in [4.69, 9.17) is 0 Å². The van der Waals surface area contributed by atoms with Crippen molar-refractivity contribution in [1.82, 2.24) is 15.0 Å². The number of H-pyrrole nitrogens is 1. The number of aromatic amines is 1. The molecule has 0 saturated heterocycles. The van der Waals surface area contributed by atoms with E-state index in [0.29, 0.717) is 0 Å². The molecular formula is C15H16N4. The van der Waals surface area contributed by atoms with Gasteiger partial charge in [-0.1, -0.05) is 12.1 Å². The van der Waals surface area contributed by atoms with E-state index in [1.54, 1.807) is 6.33 Å². The number of aromatic nitrogens is 3. The van der Waals surface area contributed by atoms with E-state index in [2.05, 4.69) is 58.4 Å². The van der Waals surface area contributed by atoms with Gasteiger partial charge in [-0.3, -0.25) is 0 Å². The van der Waals surface area contributed by atoms with Crippen LogP contribution in [0, 0.1) is 20.8 Å². The van der Waals surface area contributed by atoms with Crippen LogP contribution in [0.15, 0.2) is 30.6 Å². The standard InChI is InChI=1S/C15H16N4/c1-9-4-5-10(2)13(6-9)19-15-12-7-11(3)18-14(12)16-8-17-15/h4-8H,1-3H3,(H2,16,17,18,19). The molecule has 0 radical (unpaired) electrons. The van der Waals surface area contributed by atoms with Crippen LogP contribution in [0.3, 0.4) is 0 Å². The Hall–Kier alpha value is -2.36. The highest BCUT2D eigenvalue weighted by molar-refractivity contribution is 5.89. The van der Waals surface area contributed by atoms with Gasteiger partial charge in [0, 0.05) is 11.4 Å². The minimum absolute atomic E-state index is 0.836. The van der Waals surface area contributed by atoms with E-state index in [1.165, 1.54) is 11.1 Å². The lowest BCUT2D eigenvalue weighted by Gasteiger charge is -2.10. The van der Waals surface area contributed by atoms with Crippen LogP contribution in [0.5, 0.6) is 0 Å². The first kappa shape index (κ1) is 11.7. The predicted octanol–water partition coefficient (Wildman–Crippen LogP) is 3.63. The number of rotatable bonds is 2. The maximum atomic E-state index is 4.34. The van der Waals surface area contributed by atoms with Crippen molar-refractivity contribution in [3.63, 3.8) is 0 Å². The molecule has 0 aliphatic carbocycles. The molecular weight excluding hydrogens is 236 g/mol. The molecule has 96 valence electrons. The molecule has 0 atom stereocenters. The van der Waals surface area contributed by atoms with Gasteiger partial charge >= 0.3 is 0 Å². The van der Waals surface area contributed by atoms with Crippen molar-refractivity contribution in [2.45, 2.75) is 20.8 Å². The molecule has 4 nitrogen and oxygen atoms in total. The zero-order valence-corrected chi connectivity index (χ0v) is 11.3. The van der Waals surface area contributed by atoms with Crippen molar-refractivity contribution in [3.05, 3.63) is 47.4 Å². The van der Waals surface area contributed by atoms with Crippen molar-refractivity contribution in [2.75, 3.05) is 5.32 Å². The van der Waals surface area contributed by atoms with Gasteiger partial charge in [0.05, 0.1) is 5.39 Å². The van der Waals surface area contributed by atoms with Gasteiger partial charge in [0.2, 0.25) is 0 Å². The second kappa shape index (κ2) is 4.39. The number of anilines is 2. The fourth-order valence-electron chi connectivity index (χ4n) is 2.17. The lowest BCUT2D eigenvalue weighted by atomic mass is 10.1. The first-order valence-electron chi connectivity index (χ1n) is 6.28. The van der Waals surface area contributed by atoms with Gasteiger partial charge in [-0.15, -0.1) is 0 Å². The van der Waals surface area contributed by atoms with Crippen LogP contribution in [0.2, 0.25) is 0 Å². The third-order valence-electron chi connectivity index (χ3n) is 3.21. The van der Waals surface area contributed by atoms with Crippen LogP contribution >= 0.6 is 0 Å². The summed E-state index contributed by atoms with van der Waals surface area (Å²) in [4.78, 5) is 11.8. The minimum atomic E-state index is 0.836. The Morgan fingerprint density at radius 1 is 1.05 bits per heavy atom. The van der Waals surface area contributed by atoms with Crippen molar-refractivity contribution in [3.8, 4) is 0 Å². The average Bonchev–Trinajstić information content (AvgIpc) is 2.75. The zero-order chi connectivity index (χ0) is 13.4. The molecule has 1 aromatic carbocycles. The summed E-state index contributed by atoms with van der Waals surface area (Å²) in [6.07, 6.45) is 1.58. The van der Waals surface area contributed by atoms with Crippen LogP contribution in [0.25, 0.3) is 11.0 Å². The highest BCUT2D eigenvalue weighted by Gasteiger charge is 2.07. The van der Waals surface area contributed by atoms with E-state index < -0.39 is 0 Å². The second-order valence-corrected chi connectivity index (χ2v) is 4.88. The van der Waals surface area contributed by atoms with Crippen molar-refractivity contribution in [1.29, 1.82) is 0 Å². The Kier molecular flexibility index (Phi) is 2.71. The highest BCUT2D eigenvalue weighted by Crippen LogP contribution is 2.25. The van der Waals surface area contributed by atoms with Crippen LogP contribution in [-0.2, 0) is 0 Å². The quantitative estimate of drug-likeness (QED) is 0.732. The molecule has 0 amide bonds. The van der Waals surface area contributed by atoms with Gasteiger partial charge in [0.25, 0.3) is 0 Å². The lowest BCUT2D eigenvalue weighted by molar-refractivity contribution is 1.18. The molecule has 2 heterocycles. The summed E-state index contributed by atoms with van der Waals surface area (Å²) in [5.74, 6) is 0.836. The third kappa shape index (κ3) is 2.17. The maximum absolute atomic E-state index is 4.34. The van der Waals surface area contributed by atoms with Crippen molar-refractivity contribution in [2.24, 2.45) is 0 Å². The second-order valence-electron chi connectivity index (χ2n) is 4.88. The Bertz CT molecular complexity index is 743. The topological polar surface area (TPSA) is 53.6 Å². The monoisotopic (exact) mass is 252 g/mol. The molecule has 3 rings (SSSR count). The number of benzene rings is 1. The fraction of sp³-hybridized carbons (Fsp3) is 0.200. The number of aryl methyl sites for hydroxylation is 3. The Balaban J connectivity index is 2.08. The van der Waals surface area contributed by atoms with E-state index in [1.807, 2.05) is 6.92 Å². The third-order valence-corrected chi connectivity index (χ3v) is 3.21. The average molecular weight is 252 g/mol. The SMILES string of the molecule is Cc1ccc(C)c(Nc2ncnc3[nH]c(C)cc23)c1. The zero-order valence-electron chi connectivity index (χ0n) is 11.3. The molecule has 0 unspecified atom stereocenters. The van der Waals surface area contributed by atoms with Gasteiger partial charge in [0.1, 0.15) is 17.8 Å². The van der Waals surface area contributed by atoms with Gasteiger partial charge in [-0.2, -0.15) is 0 Å². The van der Waals surface area contributed by atoms with E-state index in [0.717, 1.165) is 28.2 Å². The summed E-state index contributed by atoms with van der Waals surface area (Å²) in [6, 6.07) is 8.40. The summed E-state index contributed by atoms with van der Waals surface area (Å²) < 4.78 is 0. The summed E-state index contributed by atoms with van der Waals surface area (Å²) in [7, 11) is 0. The Labute approximate surface area is 111 Å². The van der Waals surface area contributed by atoms with Crippen molar-refractivity contribution >= 4 is 22.5 Å². The summed E-state index contributed by atoms with van der Waals surface area (Å²) in [6.45, 7) is 6.19. The minimum Gasteiger partial charge on any atom is -0.343 e. The van der Waals surface area contributed by atoms with E-state index in [-0.39, 0.29) is 0 Å². The number of nitrogens with one attached hydrogen (secondary N) is 2. The van der Waals surface area contributed by atoms with Crippen LogP contribution in [-0.4, -0.2) is 15.0 Å². The molecule has 0 fully saturated rings. The number of fused-ring (bicyclic) bond motifs is 1. The van der Waals surface area contributed by atoms with Gasteiger partial charge in [0.15, 0.2) is 0 Å². The molecule has 0 bridgehead atoms. The molecule has 0 spiro atoms. The Morgan fingerprint density at radius 2 is 1.89 bits per heavy atom. The number of nitrogens with zero attached hydrogens (tertiary/aromatic N) is 2. The molecule has 0 aliphatic rings. The summed E-state index contributed by atoms with van der Waals surface area (Å²) >= 11 is 0. The van der Waals surface area contributed by atoms with Crippen LogP contribution in [0.4, 0.5) is 11.5 Å². The smallest absolute Gasteiger partial charge is 0.143 e. The van der Waals surface area contributed by atoms with Crippen LogP contribution < -0.4 is 5.32 Å². The van der Waals surface area contributed by atoms with E-state index >= 15 is 0 Å². The molecule has 3 aromatic rings. The normalized spacial score (nSPS) is 10.9. The molecule has 0 saturated carbocycles. The molecule has 4 heteroatoms. The van der Waals surface area contributed by atoms with Gasteiger partial charge < -0.3 is 10.3 Å². The predicted molar refractivity (Wildman–Crippen MR) is 77.8 cm³/mol. The molecule has 0 aliphatic heterocycles. The van der Waals surface area contributed by atoms with E-state index in [9.17, 15) is 0 Å². The lowest BCUT2D eigenvalue weighted by Crippen LogP contribution is -1.97. The highest BCUT2D eigenvalue weighted by atomic mass is 15.0. The summed E-state index contributed by atoms with van der Waals surface area (Å²) in [5, 5.41) is 4.41. The number of hydrogen-bond acceptors (Lipinski definition) is 3. The summed E-state index contributed by atoms with van der Waals surface area (Å²) in [5.41, 5.74) is 5.45. The van der Waals surface area contributed by atoms with Gasteiger partial charge in [-0.25, -0.2) is 9.97 Å². The Morgan fingerprint density at radius 3 is 2.74 bits per heavy atom. The largest absolute Gasteiger partial charge is 0.343 e. The van der Waals surface area contributed by atoms with Gasteiger partial charge in [-0.05, 0) is 44.0 Å². The maximum Gasteiger partial charge on any atom is 0.143 e. The number of hydrogen-bond donors (Lipinski definition) is 2. The van der Waals surface area contributed by atoms with Crippen molar-refractivity contribution < 1.29 is 0 Å². The molecule has 2 aromatic heterocycles. The molecule has 2 N–H and O–H groups in total. The van der Waals surface area contributed by atoms with Crippen LogP contribution in [0.1, 0.15) is 16.8 Å². The fourth-order valence-corrected chi connectivity index (χ4v) is 2.17. The molecule has 19 heavy (non-hydrogen) atoms. The first-order valence-corrected chi connectivity index (χ1v) is 6.28.